The van der Waals surface area contributed by atoms with Gasteiger partial charge in [-0.05, 0) is 60.9 Å². The van der Waals surface area contributed by atoms with Crippen LogP contribution < -0.4 is 14.4 Å². The zero-order chi connectivity index (χ0) is 23.5. The van der Waals surface area contributed by atoms with Crippen molar-refractivity contribution >= 4 is 29.1 Å². The first kappa shape index (κ1) is 22.2. The lowest BCUT2D eigenvalue weighted by atomic mass is 9.95. The molecule has 2 aliphatic heterocycles. The van der Waals surface area contributed by atoms with Crippen LogP contribution in [0.4, 0.5) is 5.69 Å². The van der Waals surface area contributed by atoms with Gasteiger partial charge in [0.25, 0.3) is 5.91 Å². The Hall–Kier alpha value is -3.58. The van der Waals surface area contributed by atoms with Crippen molar-refractivity contribution in [2.24, 2.45) is 5.92 Å². The monoisotopic (exact) mass is 477 g/mol. The second kappa shape index (κ2) is 9.73. The Bertz CT molecular complexity index is 1190. The van der Waals surface area contributed by atoms with E-state index in [1.165, 1.54) is 0 Å². The number of amides is 2. The minimum absolute atomic E-state index is 0.0312. The number of fused-ring (bicyclic) bond motifs is 1. The number of rotatable bonds is 5. The molecule has 1 saturated heterocycles. The summed E-state index contributed by atoms with van der Waals surface area (Å²) in [6, 6.07) is 16.2. The number of benzene rings is 2. The smallest absolute Gasteiger partial charge is 0.253 e. The van der Waals surface area contributed by atoms with E-state index >= 15 is 0 Å². The minimum Gasteiger partial charge on any atom is -0.454 e. The van der Waals surface area contributed by atoms with Gasteiger partial charge >= 0.3 is 0 Å². The second-order valence-corrected chi connectivity index (χ2v) is 8.86. The molecule has 0 unspecified atom stereocenters. The molecule has 3 aromatic rings. The predicted octanol–water partition coefficient (Wildman–Crippen LogP) is 4.55. The molecule has 3 heterocycles. The van der Waals surface area contributed by atoms with Crippen LogP contribution in [0.25, 0.3) is 0 Å². The van der Waals surface area contributed by atoms with Crippen molar-refractivity contribution in [1.29, 1.82) is 0 Å². The van der Waals surface area contributed by atoms with Crippen LogP contribution in [-0.2, 0) is 11.3 Å². The summed E-state index contributed by atoms with van der Waals surface area (Å²) >= 11 is 5.97. The van der Waals surface area contributed by atoms with Crippen LogP contribution in [0.15, 0.2) is 67.0 Å². The van der Waals surface area contributed by atoms with E-state index in [4.69, 9.17) is 21.1 Å². The van der Waals surface area contributed by atoms with Crippen molar-refractivity contribution in [2.75, 3.05) is 24.8 Å². The topological polar surface area (TPSA) is 72.0 Å². The van der Waals surface area contributed by atoms with Crippen molar-refractivity contribution in [3.63, 3.8) is 0 Å². The van der Waals surface area contributed by atoms with Gasteiger partial charge < -0.3 is 19.3 Å². The average molecular weight is 478 g/mol. The van der Waals surface area contributed by atoms with Gasteiger partial charge in [0.2, 0.25) is 12.7 Å². The van der Waals surface area contributed by atoms with Crippen LogP contribution in [0.2, 0.25) is 5.02 Å². The molecule has 7 nitrogen and oxygen atoms in total. The number of hydrogen-bond acceptors (Lipinski definition) is 5. The number of ether oxygens (including phenoxy) is 2. The number of anilines is 1. The molecule has 0 N–H and O–H groups in total. The van der Waals surface area contributed by atoms with E-state index in [1.807, 2.05) is 30.3 Å². The molecular weight excluding hydrogens is 454 g/mol. The fourth-order valence-corrected chi connectivity index (χ4v) is 4.51. The van der Waals surface area contributed by atoms with E-state index in [9.17, 15) is 9.59 Å². The van der Waals surface area contributed by atoms with E-state index in [2.05, 4.69) is 4.98 Å². The molecule has 174 valence electrons. The molecule has 1 fully saturated rings. The molecule has 0 bridgehead atoms. The Morgan fingerprint density at radius 2 is 1.91 bits per heavy atom. The van der Waals surface area contributed by atoms with Crippen LogP contribution in [0.3, 0.4) is 0 Å². The lowest BCUT2D eigenvalue weighted by Crippen LogP contribution is -2.46. The molecule has 34 heavy (non-hydrogen) atoms. The molecule has 0 saturated carbocycles. The van der Waals surface area contributed by atoms with E-state index in [1.54, 1.807) is 46.5 Å². The van der Waals surface area contributed by atoms with Crippen molar-refractivity contribution in [1.82, 2.24) is 9.88 Å². The summed E-state index contributed by atoms with van der Waals surface area (Å²) in [5.74, 6) is 0.846. The zero-order valence-electron chi connectivity index (χ0n) is 18.5. The van der Waals surface area contributed by atoms with E-state index in [-0.39, 0.29) is 24.5 Å². The molecule has 2 aliphatic rings. The third-order valence-corrected chi connectivity index (χ3v) is 6.40. The lowest BCUT2D eigenvalue weighted by Gasteiger charge is -2.35. The molecule has 2 amide bonds. The van der Waals surface area contributed by atoms with Crippen LogP contribution in [0.1, 0.15) is 28.8 Å². The standard InChI is InChI=1S/C26H24ClN3O4/c27-21-7-5-19(6-8-21)25(31)29-12-2-4-20(16-29)26(32)30(15-18-3-1-11-28-14-18)22-9-10-23-24(13-22)34-17-33-23/h1,3,5-11,13-14,20H,2,4,12,15-17H2/t20-/m0/s1. The van der Waals surface area contributed by atoms with Gasteiger partial charge in [0.1, 0.15) is 0 Å². The fourth-order valence-electron chi connectivity index (χ4n) is 4.38. The van der Waals surface area contributed by atoms with Gasteiger partial charge in [0.05, 0.1) is 12.5 Å². The average Bonchev–Trinajstić information content (AvgIpc) is 3.36. The summed E-state index contributed by atoms with van der Waals surface area (Å²) in [5, 5.41) is 0.581. The highest BCUT2D eigenvalue weighted by molar-refractivity contribution is 6.30. The van der Waals surface area contributed by atoms with Gasteiger partial charge in [0, 0.05) is 47.8 Å². The first-order valence-corrected chi connectivity index (χ1v) is 11.6. The van der Waals surface area contributed by atoms with Crippen molar-refractivity contribution in [3.05, 3.63) is 83.1 Å². The van der Waals surface area contributed by atoms with Crippen LogP contribution in [0.5, 0.6) is 11.5 Å². The van der Waals surface area contributed by atoms with Crippen molar-refractivity contribution < 1.29 is 19.1 Å². The highest BCUT2D eigenvalue weighted by Crippen LogP contribution is 2.36. The van der Waals surface area contributed by atoms with Gasteiger partial charge in [-0.3, -0.25) is 14.6 Å². The molecule has 8 heteroatoms. The zero-order valence-corrected chi connectivity index (χ0v) is 19.3. The third kappa shape index (κ3) is 4.70. The lowest BCUT2D eigenvalue weighted by molar-refractivity contribution is -0.123. The first-order chi connectivity index (χ1) is 16.6. The summed E-state index contributed by atoms with van der Waals surface area (Å²) in [6.45, 7) is 1.53. The molecule has 2 aromatic carbocycles. The number of aromatic nitrogens is 1. The Morgan fingerprint density at radius 3 is 2.71 bits per heavy atom. The van der Waals surface area contributed by atoms with E-state index in [0.29, 0.717) is 41.7 Å². The van der Waals surface area contributed by atoms with Crippen LogP contribution in [0, 0.1) is 5.92 Å². The number of carbonyl (C=O) groups is 2. The first-order valence-electron chi connectivity index (χ1n) is 11.2. The minimum atomic E-state index is -0.313. The van der Waals surface area contributed by atoms with Crippen molar-refractivity contribution in [2.45, 2.75) is 19.4 Å². The maximum Gasteiger partial charge on any atom is 0.253 e. The Labute approximate surface area is 202 Å². The number of nitrogens with zero attached hydrogens (tertiary/aromatic N) is 3. The number of hydrogen-bond donors (Lipinski definition) is 0. The molecular formula is C26H24ClN3O4. The van der Waals surface area contributed by atoms with Gasteiger partial charge in [-0.2, -0.15) is 0 Å². The normalized spacial score (nSPS) is 16.9. The number of halogens is 1. The molecule has 0 aliphatic carbocycles. The number of piperidine rings is 1. The maximum atomic E-state index is 13.8. The summed E-state index contributed by atoms with van der Waals surface area (Å²) in [6.07, 6.45) is 4.94. The van der Waals surface area contributed by atoms with Gasteiger partial charge in [0.15, 0.2) is 11.5 Å². The highest BCUT2D eigenvalue weighted by Gasteiger charge is 2.33. The third-order valence-electron chi connectivity index (χ3n) is 6.15. The van der Waals surface area contributed by atoms with E-state index in [0.717, 1.165) is 24.1 Å². The van der Waals surface area contributed by atoms with Crippen LogP contribution >= 0.6 is 11.6 Å². The molecule has 1 aromatic heterocycles. The largest absolute Gasteiger partial charge is 0.454 e. The van der Waals surface area contributed by atoms with Gasteiger partial charge in [-0.25, -0.2) is 0 Å². The fraction of sp³-hybridized carbons (Fsp3) is 0.269. The number of likely N-dealkylation sites (tertiary alicyclic amines) is 1. The second-order valence-electron chi connectivity index (χ2n) is 8.42. The van der Waals surface area contributed by atoms with Crippen molar-refractivity contribution in [3.8, 4) is 11.5 Å². The van der Waals surface area contributed by atoms with Gasteiger partial charge in [-0.1, -0.05) is 17.7 Å². The maximum absolute atomic E-state index is 13.8. The Kier molecular flexibility index (Phi) is 6.36. The Morgan fingerprint density at radius 1 is 1.09 bits per heavy atom. The molecule has 0 spiro atoms. The van der Waals surface area contributed by atoms with Crippen LogP contribution in [-0.4, -0.2) is 41.6 Å². The molecule has 0 radical (unpaired) electrons. The van der Waals surface area contributed by atoms with Gasteiger partial charge in [-0.15, -0.1) is 0 Å². The molecule has 5 rings (SSSR count). The number of carbonyl (C=O) groups excluding carboxylic acids is 2. The Balaban J connectivity index is 1.39. The predicted molar refractivity (Wildman–Crippen MR) is 128 cm³/mol. The summed E-state index contributed by atoms with van der Waals surface area (Å²) in [4.78, 5) is 34.6. The molecule has 1 atom stereocenters. The SMILES string of the molecule is O=C(c1ccc(Cl)cc1)N1CCC[C@H](C(=O)N(Cc2cccnc2)c2ccc3c(c2)OCO3)C1. The summed E-state index contributed by atoms with van der Waals surface area (Å²) < 4.78 is 11.0. The summed E-state index contributed by atoms with van der Waals surface area (Å²) in [7, 11) is 0. The number of pyridine rings is 1. The summed E-state index contributed by atoms with van der Waals surface area (Å²) in [5.41, 5.74) is 2.21. The quantitative estimate of drug-likeness (QED) is 0.539. The highest BCUT2D eigenvalue weighted by atomic mass is 35.5. The van der Waals surface area contributed by atoms with E-state index < -0.39 is 0 Å².